The van der Waals surface area contributed by atoms with E-state index in [2.05, 4.69) is 31.3 Å². The number of carbonyl (C=O) groups excluding carboxylic acids is 1. The number of rotatable bonds is 7. The van der Waals surface area contributed by atoms with Crippen LogP contribution in [-0.2, 0) is 4.79 Å². The Bertz CT molecular complexity index is 412. The minimum atomic E-state index is -0.171. The summed E-state index contributed by atoms with van der Waals surface area (Å²) in [6, 6.07) is 8.14. The number of nitrogens with two attached hydrogens (primary N) is 2. The molecule has 0 aliphatic heterocycles. The molecule has 1 aromatic rings. The van der Waals surface area contributed by atoms with E-state index in [9.17, 15) is 4.79 Å². The van der Waals surface area contributed by atoms with E-state index >= 15 is 0 Å². The number of hydrogen-bond acceptors (Lipinski definition) is 3. The van der Waals surface area contributed by atoms with Crippen molar-refractivity contribution in [3.8, 4) is 0 Å². The average molecular weight is 277 g/mol. The van der Waals surface area contributed by atoms with Crippen molar-refractivity contribution >= 4 is 5.91 Å². The standard InChI is InChI=1S/C16H27N3O/c1-11(2)13-5-7-14(8-6-13)15(18)10-19-16(20)9-4-12(3)17/h5-8,11-12,15H,4,9-10,17-18H2,1-3H3,(H,19,20). The molecule has 0 saturated heterocycles. The van der Waals surface area contributed by atoms with Crippen LogP contribution in [0.1, 0.15) is 56.7 Å². The van der Waals surface area contributed by atoms with Crippen LogP contribution < -0.4 is 16.8 Å². The van der Waals surface area contributed by atoms with E-state index in [4.69, 9.17) is 11.5 Å². The lowest BCUT2D eigenvalue weighted by Gasteiger charge is -2.15. The topological polar surface area (TPSA) is 81.1 Å². The van der Waals surface area contributed by atoms with Crippen LogP contribution in [0.25, 0.3) is 0 Å². The molecule has 0 spiro atoms. The Kier molecular flexibility index (Phi) is 6.68. The molecule has 2 unspecified atom stereocenters. The van der Waals surface area contributed by atoms with Gasteiger partial charge in [0.15, 0.2) is 0 Å². The minimum Gasteiger partial charge on any atom is -0.354 e. The van der Waals surface area contributed by atoms with Crippen molar-refractivity contribution in [2.45, 2.75) is 51.6 Å². The maximum absolute atomic E-state index is 11.6. The molecule has 0 saturated carbocycles. The summed E-state index contributed by atoms with van der Waals surface area (Å²) >= 11 is 0. The van der Waals surface area contributed by atoms with Crippen molar-refractivity contribution in [3.63, 3.8) is 0 Å². The zero-order valence-corrected chi connectivity index (χ0v) is 12.7. The van der Waals surface area contributed by atoms with E-state index in [1.54, 1.807) is 0 Å². The molecule has 0 aliphatic rings. The predicted octanol–water partition coefficient (Wildman–Crippen LogP) is 2.05. The first-order valence-corrected chi connectivity index (χ1v) is 7.28. The van der Waals surface area contributed by atoms with Gasteiger partial charge < -0.3 is 16.8 Å². The third-order valence-corrected chi connectivity index (χ3v) is 3.38. The summed E-state index contributed by atoms with van der Waals surface area (Å²) in [4.78, 5) is 11.6. The summed E-state index contributed by atoms with van der Waals surface area (Å²) in [6.45, 7) is 6.68. The smallest absolute Gasteiger partial charge is 0.220 e. The molecular formula is C16H27N3O. The lowest BCUT2D eigenvalue weighted by atomic mass is 9.99. The first-order chi connectivity index (χ1) is 9.40. The highest BCUT2D eigenvalue weighted by Gasteiger charge is 2.09. The van der Waals surface area contributed by atoms with Gasteiger partial charge in [-0.25, -0.2) is 0 Å². The van der Waals surface area contributed by atoms with Gasteiger partial charge in [0, 0.05) is 25.0 Å². The van der Waals surface area contributed by atoms with Crippen molar-refractivity contribution in [1.29, 1.82) is 0 Å². The minimum absolute atomic E-state index is 0.0107. The van der Waals surface area contributed by atoms with Crippen LogP contribution in [0.5, 0.6) is 0 Å². The Labute approximate surface area is 121 Å². The van der Waals surface area contributed by atoms with Crippen LogP contribution in [0.15, 0.2) is 24.3 Å². The third kappa shape index (κ3) is 5.72. The van der Waals surface area contributed by atoms with Crippen molar-refractivity contribution in [1.82, 2.24) is 5.32 Å². The van der Waals surface area contributed by atoms with Gasteiger partial charge in [0.05, 0.1) is 0 Å². The molecule has 0 radical (unpaired) electrons. The quantitative estimate of drug-likeness (QED) is 0.713. The number of benzene rings is 1. The fourth-order valence-electron chi connectivity index (χ4n) is 1.92. The lowest BCUT2D eigenvalue weighted by Crippen LogP contribution is -2.32. The van der Waals surface area contributed by atoms with E-state index < -0.39 is 0 Å². The second kappa shape index (κ2) is 8.02. The monoisotopic (exact) mass is 277 g/mol. The van der Waals surface area contributed by atoms with Crippen molar-refractivity contribution in [3.05, 3.63) is 35.4 Å². The van der Waals surface area contributed by atoms with Gasteiger partial charge in [-0.3, -0.25) is 4.79 Å². The van der Waals surface area contributed by atoms with Crippen molar-refractivity contribution in [2.75, 3.05) is 6.54 Å². The largest absolute Gasteiger partial charge is 0.354 e. The highest BCUT2D eigenvalue weighted by Crippen LogP contribution is 2.17. The van der Waals surface area contributed by atoms with Crippen LogP contribution in [0.4, 0.5) is 0 Å². The van der Waals surface area contributed by atoms with E-state index in [0.717, 1.165) is 5.56 Å². The van der Waals surface area contributed by atoms with E-state index in [-0.39, 0.29) is 18.0 Å². The summed E-state index contributed by atoms with van der Waals surface area (Å²) in [5.41, 5.74) is 14.0. The summed E-state index contributed by atoms with van der Waals surface area (Å²) in [5.74, 6) is 0.523. The molecule has 4 nitrogen and oxygen atoms in total. The molecule has 1 aromatic carbocycles. The first kappa shape index (κ1) is 16.7. The third-order valence-electron chi connectivity index (χ3n) is 3.38. The zero-order valence-electron chi connectivity index (χ0n) is 12.7. The van der Waals surface area contributed by atoms with Gasteiger partial charge in [0.1, 0.15) is 0 Å². The van der Waals surface area contributed by atoms with Gasteiger partial charge in [-0.15, -0.1) is 0 Å². The normalized spacial score (nSPS) is 14.1. The van der Waals surface area contributed by atoms with Crippen molar-refractivity contribution in [2.24, 2.45) is 11.5 Å². The Morgan fingerprint density at radius 2 is 1.65 bits per heavy atom. The molecule has 112 valence electrons. The van der Waals surface area contributed by atoms with Gasteiger partial charge in [0.25, 0.3) is 0 Å². The second-order valence-electron chi connectivity index (χ2n) is 5.75. The van der Waals surface area contributed by atoms with Gasteiger partial charge in [-0.1, -0.05) is 38.1 Å². The van der Waals surface area contributed by atoms with E-state index in [1.165, 1.54) is 5.56 Å². The van der Waals surface area contributed by atoms with Gasteiger partial charge in [-0.05, 0) is 30.4 Å². The highest BCUT2D eigenvalue weighted by molar-refractivity contribution is 5.75. The van der Waals surface area contributed by atoms with Crippen LogP contribution in [-0.4, -0.2) is 18.5 Å². The van der Waals surface area contributed by atoms with Crippen LogP contribution in [0, 0.1) is 0 Å². The SMILES string of the molecule is CC(N)CCC(=O)NCC(N)c1ccc(C(C)C)cc1. The van der Waals surface area contributed by atoms with E-state index in [1.807, 2.05) is 19.1 Å². The summed E-state index contributed by atoms with van der Waals surface area (Å²) < 4.78 is 0. The fraction of sp³-hybridized carbons (Fsp3) is 0.562. The molecule has 0 fully saturated rings. The number of amides is 1. The summed E-state index contributed by atoms with van der Waals surface area (Å²) in [7, 11) is 0. The van der Waals surface area contributed by atoms with Crippen LogP contribution in [0.2, 0.25) is 0 Å². The molecule has 1 rings (SSSR count). The molecule has 4 heteroatoms. The molecule has 0 heterocycles. The van der Waals surface area contributed by atoms with Crippen LogP contribution in [0.3, 0.4) is 0 Å². The Morgan fingerprint density at radius 1 is 1.10 bits per heavy atom. The molecule has 1 amide bonds. The maximum Gasteiger partial charge on any atom is 0.220 e. The number of carbonyl (C=O) groups is 1. The molecule has 0 bridgehead atoms. The predicted molar refractivity (Wildman–Crippen MR) is 83.4 cm³/mol. The Hall–Kier alpha value is -1.39. The Balaban J connectivity index is 2.42. The summed E-state index contributed by atoms with van der Waals surface area (Å²) in [5, 5.41) is 2.85. The second-order valence-corrected chi connectivity index (χ2v) is 5.75. The van der Waals surface area contributed by atoms with E-state index in [0.29, 0.717) is 25.3 Å². The average Bonchev–Trinajstić information content (AvgIpc) is 2.42. The molecule has 0 aliphatic carbocycles. The molecule has 2 atom stereocenters. The molecular weight excluding hydrogens is 250 g/mol. The number of nitrogens with one attached hydrogen (secondary N) is 1. The molecule has 0 aromatic heterocycles. The summed E-state index contributed by atoms with van der Waals surface area (Å²) in [6.07, 6.45) is 1.15. The van der Waals surface area contributed by atoms with Gasteiger partial charge in [-0.2, -0.15) is 0 Å². The van der Waals surface area contributed by atoms with Gasteiger partial charge in [0.2, 0.25) is 5.91 Å². The molecule has 5 N–H and O–H groups in total. The maximum atomic E-state index is 11.6. The zero-order chi connectivity index (χ0) is 15.1. The molecule has 20 heavy (non-hydrogen) atoms. The Morgan fingerprint density at radius 3 is 2.15 bits per heavy atom. The number of hydrogen-bond donors (Lipinski definition) is 3. The fourth-order valence-corrected chi connectivity index (χ4v) is 1.92. The van der Waals surface area contributed by atoms with Gasteiger partial charge >= 0.3 is 0 Å². The first-order valence-electron chi connectivity index (χ1n) is 7.28. The lowest BCUT2D eigenvalue weighted by molar-refractivity contribution is -0.121. The highest BCUT2D eigenvalue weighted by atomic mass is 16.1. The van der Waals surface area contributed by atoms with Crippen LogP contribution >= 0.6 is 0 Å². The van der Waals surface area contributed by atoms with Crippen molar-refractivity contribution < 1.29 is 4.79 Å².